The van der Waals surface area contributed by atoms with Gasteiger partial charge in [-0.25, -0.2) is 13.1 Å². The highest BCUT2D eigenvalue weighted by molar-refractivity contribution is 7.89. The van der Waals surface area contributed by atoms with Crippen molar-refractivity contribution in [1.29, 1.82) is 0 Å². The van der Waals surface area contributed by atoms with E-state index in [1.54, 1.807) is 42.3 Å². The number of amides is 1. The van der Waals surface area contributed by atoms with Crippen LogP contribution in [0.4, 0.5) is 5.69 Å². The standard InChI is InChI=1S/C20H24N2O4S/c1-14(23)22-13-20(2,3)18-11-17(8-9-19(18)22)27(24,25)21-12-15-6-5-7-16(10-15)26-4/h5-11,21H,12-13H2,1-4H3. The van der Waals surface area contributed by atoms with E-state index in [1.165, 1.54) is 6.92 Å². The van der Waals surface area contributed by atoms with Crippen LogP contribution in [0.2, 0.25) is 0 Å². The molecule has 0 atom stereocenters. The van der Waals surface area contributed by atoms with E-state index in [-0.39, 0.29) is 22.8 Å². The van der Waals surface area contributed by atoms with Gasteiger partial charge in [0.25, 0.3) is 0 Å². The second-order valence-electron chi connectivity index (χ2n) is 7.34. The van der Waals surface area contributed by atoms with Crippen LogP contribution in [0, 0.1) is 0 Å². The number of ether oxygens (including phenoxy) is 1. The molecule has 6 nitrogen and oxygen atoms in total. The monoisotopic (exact) mass is 388 g/mol. The highest BCUT2D eigenvalue weighted by atomic mass is 32.2. The van der Waals surface area contributed by atoms with E-state index < -0.39 is 10.0 Å². The number of carbonyl (C=O) groups excluding carboxylic acids is 1. The zero-order valence-corrected chi connectivity index (χ0v) is 16.8. The molecule has 0 saturated carbocycles. The number of benzene rings is 2. The van der Waals surface area contributed by atoms with Crippen molar-refractivity contribution in [2.24, 2.45) is 0 Å². The van der Waals surface area contributed by atoms with E-state index in [9.17, 15) is 13.2 Å². The first-order valence-electron chi connectivity index (χ1n) is 8.69. The number of nitrogens with zero attached hydrogens (tertiary/aromatic N) is 1. The van der Waals surface area contributed by atoms with Crippen molar-refractivity contribution in [3.8, 4) is 5.75 Å². The molecule has 1 amide bonds. The quantitative estimate of drug-likeness (QED) is 0.855. The molecule has 0 spiro atoms. The molecule has 144 valence electrons. The Kier molecular flexibility index (Phi) is 5.01. The Morgan fingerprint density at radius 1 is 1.22 bits per heavy atom. The fraction of sp³-hybridized carbons (Fsp3) is 0.350. The van der Waals surface area contributed by atoms with E-state index in [4.69, 9.17) is 4.74 Å². The second kappa shape index (κ2) is 6.98. The lowest BCUT2D eigenvalue weighted by Gasteiger charge is -2.19. The number of hydrogen-bond acceptors (Lipinski definition) is 4. The van der Waals surface area contributed by atoms with Crippen LogP contribution in [0.15, 0.2) is 47.4 Å². The summed E-state index contributed by atoms with van der Waals surface area (Å²) in [5, 5.41) is 0. The highest BCUT2D eigenvalue weighted by Crippen LogP contribution is 2.41. The third-order valence-electron chi connectivity index (χ3n) is 4.83. The normalized spacial score (nSPS) is 15.5. The molecule has 1 heterocycles. The fourth-order valence-electron chi connectivity index (χ4n) is 3.35. The summed E-state index contributed by atoms with van der Waals surface area (Å²) in [6.45, 7) is 6.24. The van der Waals surface area contributed by atoms with Crippen LogP contribution in [0.5, 0.6) is 5.75 Å². The predicted molar refractivity (Wildman–Crippen MR) is 105 cm³/mol. The van der Waals surface area contributed by atoms with Crippen LogP contribution >= 0.6 is 0 Å². The van der Waals surface area contributed by atoms with E-state index in [1.807, 2.05) is 26.0 Å². The lowest BCUT2D eigenvalue weighted by atomic mass is 9.87. The van der Waals surface area contributed by atoms with Gasteiger partial charge in [0.15, 0.2) is 0 Å². The molecule has 0 radical (unpaired) electrons. The number of carbonyl (C=O) groups is 1. The van der Waals surface area contributed by atoms with E-state index in [0.29, 0.717) is 12.3 Å². The molecule has 2 aromatic carbocycles. The Labute approximate surface area is 160 Å². The predicted octanol–water partition coefficient (Wildman–Crippen LogP) is 2.82. The zero-order valence-electron chi connectivity index (χ0n) is 15.9. The van der Waals surface area contributed by atoms with Crippen LogP contribution < -0.4 is 14.4 Å². The molecular formula is C20H24N2O4S. The molecule has 7 heteroatoms. The Morgan fingerprint density at radius 2 is 1.96 bits per heavy atom. The minimum Gasteiger partial charge on any atom is -0.497 e. The van der Waals surface area contributed by atoms with Crippen LogP contribution in [-0.2, 0) is 26.8 Å². The average molecular weight is 388 g/mol. The zero-order chi connectivity index (χ0) is 19.8. The molecule has 1 N–H and O–H groups in total. The molecule has 1 aliphatic rings. The first-order valence-corrected chi connectivity index (χ1v) is 10.2. The van der Waals surface area contributed by atoms with Gasteiger partial charge in [0.05, 0.1) is 12.0 Å². The van der Waals surface area contributed by atoms with E-state index in [0.717, 1.165) is 16.8 Å². The second-order valence-corrected chi connectivity index (χ2v) is 9.11. The SMILES string of the molecule is COc1cccc(CNS(=O)(=O)c2ccc3c(c2)C(C)(C)CN3C(C)=O)c1. The molecule has 1 aliphatic heterocycles. The first-order chi connectivity index (χ1) is 12.6. The van der Waals surface area contributed by atoms with Crippen molar-refractivity contribution < 1.29 is 17.9 Å². The summed E-state index contributed by atoms with van der Waals surface area (Å²) in [5.41, 5.74) is 2.14. The van der Waals surface area contributed by atoms with Gasteiger partial charge in [-0.1, -0.05) is 26.0 Å². The molecule has 0 fully saturated rings. The van der Waals surface area contributed by atoms with Gasteiger partial charge in [0.2, 0.25) is 15.9 Å². The third kappa shape index (κ3) is 3.84. The van der Waals surface area contributed by atoms with Crippen molar-refractivity contribution in [2.75, 3.05) is 18.6 Å². The largest absolute Gasteiger partial charge is 0.497 e. The lowest BCUT2D eigenvalue weighted by molar-refractivity contribution is -0.116. The van der Waals surface area contributed by atoms with Gasteiger partial charge in [-0.15, -0.1) is 0 Å². The Bertz CT molecular complexity index is 983. The summed E-state index contributed by atoms with van der Waals surface area (Å²) in [6.07, 6.45) is 0. The smallest absolute Gasteiger partial charge is 0.240 e. The number of methoxy groups -OCH3 is 1. The summed E-state index contributed by atoms with van der Waals surface area (Å²) < 4.78 is 33.3. The summed E-state index contributed by atoms with van der Waals surface area (Å²) in [4.78, 5) is 13.8. The van der Waals surface area contributed by atoms with Crippen molar-refractivity contribution in [2.45, 2.75) is 37.6 Å². The maximum atomic E-state index is 12.8. The molecule has 0 unspecified atom stereocenters. The average Bonchev–Trinajstić information content (AvgIpc) is 2.91. The molecule has 2 aromatic rings. The number of nitrogens with one attached hydrogen (secondary N) is 1. The first kappa shape index (κ1) is 19.4. The molecule has 0 bridgehead atoms. The lowest BCUT2D eigenvalue weighted by Crippen LogP contribution is -2.31. The number of sulfonamides is 1. The van der Waals surface area contributed by atoms with Gasteiger partial charge in [-0.2, -0.15) is 0 Å². The number of anilines is 1. The number of rotatable bonds is 5. The molecule has 0 aliphatic carbocycles. The number of hydrogen-bond donors (Lipinski definition) is 1. The van der Waals surface area contributed by atoms with Crippen LogP contribution in [0.1, 0.15) is 31.9 Å². The number of fused-ring (bicyclic) bond motifs is 1. The minimum absolute atomic E-state index is 0.0476. The van der Waals surface area contributed by atoms with Crippen LogP contribution in [0.3, 0.4) is 0 Å². The van der Waals surface area contributed by atoms with Crippen LogP contribution in [-0.4, -0.2) is 28.0 Å². The summed E-state index contributed by atoms with van der Waals surface area (Å²) >= 11 is 0. The summed E-state index contributed by atoms with van der Waals surface area (Å²) in [5.74, 6) is 0.629. The fourth-order valence-corrected chi connectivity index (χ4v) is 4.39. The van der Waals surface area contributed by atoms with Crippen molar-refractivity contribution in [3.05, 3.63) is 53.6 Å². The topological polar surface area (TPSA) is 75.7 Å². The van der Waals surface area contributed by atoms with Crippen molar-refractivity contribution in [1.82, 2.24) is 4.72 Å². The minimum atomic E-state index is -3.68. The molecule has 27 heavy (non-hydrogen) atoms. The Morgan fingerprint density at radius 3 is 2.63 bits per heavy atom. The van der Waals surface area contributed by atoms with Gasteiger partial charge in [0.1, 0.15) is 5.75 Å². The van der Waals surface area contributed by atoms with Gasteiger partial charge < -0.3 is 9.64 Å². The highest BCUT2D eigenvalue weighted by Gasteiger charge is 2.37. The molecule has 0 aromatic heterocycles. The Hall–Kier alpha value is -2.38. The summed E-state index contributed by atoms with van der Waals surface area (Å²) in [7, 11) is -2.11. The van der Waals surface area contributed by atoms with Gasteiger partial charge in [-0.3, -0.25) is 4.79 Å². The van der Waals surface area contributed by atoms with Crippen molar-refractivity contribution in [3.63, 3.8) is 0 Å². The molecule has 3 rings (SSSR count). The van der Waals surface area contributed by atoms with Crippen LogP contribution in [0.25, 0.3) is 0 Å². The third-order valence-corrected chi connectivity index (χ3v) is 6.23. The van der Waals surface area contributed by atoms with E-state index in [2.05, 4.69) is 4.72 Å². The maximum absolute atomic E-state index is 12.8. The van der Waals surface area contributed by atoms with Gasteiger partial charge in [0, 0.05) is 31.1 Å². The van der Waals surface area contributed by atoms with E-state index >= 15 is 0 Å². The maximum Gasteiger partial charge on any atom is 0.240 e. The summed E-state index contributed by atoms with van der Waals surface area (Å²) in [6, 6.07) is 12.2. The molecular weight excluding hydrogens is 364 g/mol. The van der Waals surface area contributed by atoms with Gasteiger partial charge in [-0.05, 0) is 41.5 Å². The van der Waals surface area contributed by atoms with Crippen molar-refractivity contribution >= 4 is 21.6 Å². The van der Waals surface area contributed by atoms with Gasteiger partial charge >= 0.3 is 0 Å². The Balaban J connectivity index is 1.86. The molecule has 0 saturated heterocycles.